The number of aromatic nitrogens is 1. The number of phenolic OH excluding ortho intramolecular Hbond substituents is 1. The molecule has 0 atom stereocenters. The molecule has 1 heterocycles. The van der Waals surface area contributed by atoms with Crippen LogP contribution in [-0.4, -0.2) is 10.1 Å². The molecule has 27 heavy (non-hydrogen) atoms. The molecule has 132 valence electrons. The largest absolute Gasteiger partial charge is 0.506 e. The van der Waals surface area contributed by atoms with Gasteiger partial charge in [0, 0.05) is 21.7 Å². The van der Waals surface area contributed by atoms with Crippen molar-refractivity contribution in [1.29, 1.82) is 0 Å². The van der Waals surface area contributed by atoms with Gasteiger partial charge in [-0.25, -0.2) is 4.98 Å². The van der Waals surface area contributed by atoms with Gasteiger partial charge in [-0.3, -0.25) is 0 Å². The number of nitrogens with zero attached hydrogens (tertiary/aromatic N) is 1. The highest BCUT2D eigenvalue weighted by atomic mass is 35.5. The van der Waals surface area contributed by atoms with Crippen LogP contribution in [0.3, 0.4) is 0 Å². The van der Waals surface area contributed by atoms with Crippen LogP contribution >= 0.6 is 23.2 Å². The van der Waals surface area contributed by atoms with Crippen LogP contribution in [0.15, 0.2) is 84.9 Å². The number of pyridine rings is 1. The lowest BCUT2D eigenvalue weighted by atomic mass is 9.99. The van der Waals surface area contributed by atoms with Crippen LogP contribution in [-0.2, 0) is 0 Å². The smallest absolute Gasteiger partial charge is 0.142 e. The minimum atomic E-state index is 0.00490. The van der Waals surface area contributed by atoms with Gasteiger partial charge in [0.2, 0.25) is 0 Å². The van der Waals surface area contributed by atoms with Crippen LogP contribution in [0.1, 0.15) is 0 Å². The highest BCUT2D eigenvalue weighted by molar-refractivity contribution is 6.36. The molecule has 1 N–H and O–H groups in total. The summed E-state index contributed by atoms with van der Waals surface area (Å²) in [6.07, 6.45) is 0. The van der Waals surface area contributed by atoms with Gasteiger partial charge in [0.25, 0.3) is 0 Å². The van der Waals surface area contributed by atoms with Gasteiger partial charge in [0.05, 0.1) is 16.4 Å². The van der Waals surface area contributed by atoms with Gasteiger partial charge >= 0.3 is 0 Å². The number of hydrogen-bond acceptors (Lipinski definition) is 2. The van der Waals surface area contributed by atoms with E-state index >= 15 is 0 Å². The zero-order valence-electron chi connectivity index (χ0n) is 14.2. The van der Waals surface area contributed by atoms with Gasteiger partial charge in [0.1, 0.15) is 5.75 Å². The van der Waals surface area contributed by atoms with Gasteiger partial charge in [-0.15, -0.1) is 0 Å². The molecule has 4 rings (SSSR count). The van der Waals surface area contributed by atoms with Crippen molar-refractivity contribution in [3.63, 3.8) is 0 Å². The Kier molecular flexibility index (Phi) is 4.85. The van der Waals surface area contributed by atoms with Crippen LogP contribution in [0.2, 0.25) is 10.0 Å². The average Bonchev–Trinajstić information content (AvgIpc) is 2.71. The molecule has 0 aliphatic heterocycles. The SMILES string of the molecule is Oc1c(Cl)cc(Cl)cc1-c1cc(-c2ccccc2)nc(-c2ccccc2)c1. The Morgan fingerprint density at radius 1 is 0.630 bits per heavy atom. The molecule has 3 aromatic carbocycles. The predicted molar refractivity (Wildman–Crippen MR) is 112 cm³/mol. The van der Waals surface area contributed by atoms with Crippen molar-refractivity contribution in [2.24, 2.45) is 0 Å². The average molecular weight is 392 g/mol. The molecule has 4 aromatic rings. The maximum atomic E-state index is 10.5. The Bertz CT molecular complexity index is 1040. The molecule has 0 unspecified atom stereocenters. The van der Waals surface area contributed by atoms with E-state index in [4.69, 9.17) is 28.2 Å². The summed E-state index contributed by atoms with van der Waals surface area (Å²) in [5.41, 5.74) is 4.96. The third kappa shape index (κ3) is 3.68. The minimum absolute atomic E-state index is 0.00490. The lowest BCUT2D eigenvalue weighted by molar-refractivity contribution is 0.477. The molecule has 0 bridgehead atoms. The molecule has 0 saturated heterocycles. The zero-order valence-corrected chi connectivity index (χ0v) is 15.7. The molecule has 1 aromatic heterocycles. The van der Waals surface area contributed by atoms with Crippen LogP contribution in [0.25, 0.3) is 33.6 Å². The van der Waals surface area contributed by atoms with E-state index in [0.717, 1.165) is 28.1 Å². The van der Waals surface area contributed by atoms with E-state index in [-0.39, 0.29) is 10.8 Å². The maximum absolute atomic E-state index is 10.5. The summed E-state index contributed by atoms with van der Waals surface area (Å²) < 4.78 is 0. The van der Waals surface area contributed by atoms with E-state index < -0.39 is 0 Å². The first-order valence-electron chi connectivity index (χ1n) is 8.43. The van der Waals surface area contributed by atoms with Gasteiger partial charge in [-0.2, -0.15) is 0 Å². The van der Waals surface area contributed by atoms with E-state index in [2.05, 4.69) is 0 Å². The van der Waals surface area contributed by atoms with E-state index in [1.807, 2.05) is 72.8 Å². The van der Waals surface area contributed by atoms with Crippen LogP contribution < -0.4 is 0 Å². The second kappa shape index (κ2) is 7.43. The van der Waals surface area contributed by atoms with Crippen LogP contribution in [0, 0.1) is 0 Å². The molecule has 0 saturated carbocycles. The lowest BCUT2D eigenvalue weighted by Crippen LogP contribution is -1.91. The molecule has 0 aliphatic carbocycles. The van der Waals surface area contributed by atoms with Crippen molar-refractivity contribution in [3.8, 4) is 39.4 Å². The van der Waals surface area contributed by atoms with E-state index in [0.29, 0.717) is 10.6 Å². The summed E-state index contributed by atoms with van der Waals surface area (Å²) >= 11 is 12.3. The molecule has 0 aliphatic rings. The highest BCUT2D eigenvalue weighted by Gasteiger charge is 2.14. The second-order valence-electron chi connectivity index (χ2n) is 6.14. The topological polar surface area (TPSA) is 33.1 Å². The lowest BCUT2D eigenvalue weighted by Gasteiger charge is -2.12. The molecule has 0 spiro atoms. The van der Waals surface area contributed by atoms with E-state index in [1.165, 1.54) is 6.07 Å². The maximum Gasteiger partial charge on any atom is 0.142 e. The third-order valence-corrected chi connectivity index (χ3v) is 4.81. The van der Waals surface area contributed by atoms with Crippen molar-refractivity contribution >= 4 is 23.2 Å². The Morgan fingerprint density at radius 3 is 1.67 bits per heavy atom. The number of halogens is 2. The molecular formula is C23H15Cl2NO. The first-order valence-corrected chi connectivity index (χ1v) is 9.19. The molecule has 0 radical (unpaired) electrons. The molecule has 4 heteroatoms. The minimum Gasteiger partial charge on any atom is -0.506 e. The zero-order chi connectivity index (χ0) is 18.8. The van der Waals surface area contributed by atoms with Gasteiger partial charge in [0.15, 0.2) is 0 Å². The summed E-state index contributed by atoms with van der Waals surface area (Å²) in [5.74, 6) is 0.00490. The molecule has 0 fully saturated rings. The van der Waals surface area contributed by atoms with Crippen molar-refractivity contribution in [1.82, 2.24) is 4.98 Å². The van der Waals surface area contributed by atoms with Crippen molar-refractivity contribution in [2.45, 2.75) is 0 Å². The number of rotatable bonds is 3. The third-order valence-electron chi connectivity index (χ3n) is 4.30. The van der Waals surface area contributed by atoms with E-state index in [9.17, 15) is 5.11 Å². The number of benzene rings is 3. The monoisotopic (exact) mass is 391 g/mol. The Labute approximate surface area is 167 Å². The van der Waals surface area contributed by atoms with Crippen molar-refractivity contribution in [3.05, 3.63) is 95.0 Å². The summed E-state index contributed by atoms with van der Waals surface area (Å²) in [7, 11) is 0. The van der Waals surface area contributed by atoms with Gasteiger partial charge in [-0.1, -0.05) is 83.9 Å². The quantitative estimate of drug-likeness (QED) is 0.404. The summed E-state index contributed by atoms with van der Waals surface area (Å²) in [6, 6.07) is 26.9. The fourth-order valence-corrected chi connectivity index (χ4v) is 3.48. The number of hydrogen-bond donors (Lipinski definition) is 1. The second-order valence-corrected chi connectivity index (χ2v) is 6.99. The highest BCUT2D eigenvalue weighted by Crippen LogP contribution is 2.40. The molecule has 2 nitrogen and oxygen atoms in total. The van der Waals surface area contributed by atoms with Crippen LogP contribution in [0.4, 0.5) is 0 Å². The van der Waals surface area contributed by atoms with Gasteiger partial charge in [-0.05, 0) is 29.8 Å². The van der Waals surface area contributed by atoms with E-state index in [1.54, 1.807) is 6.07 Å². The first kappa shape index (κ1) is 17.6. The molecular weight excluding hydrogens is 377 g/mol. The predicted octanol–water partition coefficient (Wildman–Crippen LogP) is 7.10. The first-order chi connectivity index (χ1) is 13.1. The van der Waals surface area contributed by atoms with Crippen molar-refractivity contribution < 1.29 is 5.11 Å². The van der Waals surface area contributed by atoms with Gasteiger partial charge < -0.3 is 5.11 Å². The number of aromatic hydroxyl groups is 1. The Balaban J connectivity index is 1.97. The fraction of sp³-hybridized carbons (Fsp3) is 0. The van der Waals surface area contributed by atoms with Crippen LogP contribution in [0.5, 0.6) is 5.75 Å². The Hall–Kier alpha value is -2.81. The summed E-state index contributed by atoms with van der Waals surface area (Å²) in [5, 5.41) is 11.2. The normalized spacial score (nSPS) is 10.7. The fourth-order valence-electron chi connectivity index (χ4n) is 2.99. The summed E-state index contributed by atoms with van der Waals surface area (Å²) in [6.45, 7) is 0. The number of phenols is 1. The standard InChI is InChI=1S/C23H15Cl2NO/c24-18-13-19(23(27)20(25)14-18)17-11-21(15-7-3-1-4-8-15)26-22(12-17)16-9-5-2-6-10-16/h1-14,27H. The molecule has 0 amide bonds. The summed E-state index contributed by atoms with van der Waals surface area (Å²) in [4.78, 5) is 4.83. The Morgan fingerprint density at radius 2 is 1.15 bits per heavy atom. The van der Waals surface area contributed by atoms with Crippen molar-refractivity contribution in [2.75, 3.05) is 0 Å².